The molecule has 3 aromatic heterocycles. The molecule has 7 nitrogen and oxygen atoms in total. The van der Waals surface area contributed by atoms with Crippen molar-refractivity contribution in [1.29, 1.82) is 0 Å². The second-order valence-corrected chi connectivity index (χ2v) is 4.99. The molecule has 0 spiro atoms. The lowest BCUT2D eigenvalue weighted by atomic mass is 10.2. The summed E-state index contributed by atoms with van der Waals surface area (Å²) in [6.07, 6.45) is 6.40. The van der Waals surface area contributed by atoms with E-state index in [1.165, 1.54) is 6.33 Å². The minimum Gasteiger partial charge on any atom is -0.289 e. The predicted molar refractivity (Wildman–Crippen MR) is 74.0 cm³/mol. The highest BCUT2D eigenvalue weighted by molar-refractivity contribution is 5.70. The van der Waals surface area contributed by atoms with Gasteiger partial charge in [-0.3, -0.25) is 9.55 Å². The van der Waals surface area contributed by atoms with Gasteiger partial charge in [-0.15, -0.1) is 0 Å². The molecule has 102 valence electrons. The number of hydrogen-bond donors (Lipinski definition) is 1. The molecule has 7 heteroatoms. The third-order valence-corrected chi connectivity index (χ3v) is 2.88. The number of rotatable bonds is 3. The molecule has 0 unspecified atom stereocenters. The topological polar surface area (TPSA) is 89.4 Å². The Morgan fingerprint density at radius 2 is 2.00 bits per heavy atom. The number of aromatic amines is 1. The Morgan fingerprint density at radius 3 is 2.70 bits per heavy atom. The molecule has 0 aliphatic heterocycles. The maximum Gasteiger partial charge on any atom is 0.328 e. The zero-order valence-electron chi connectivity index (χ0n) is 11.2. The first-order chi connectivity index (χ1) is 9.65. The number of nitrogens with zero attached hydrogens (tertiary/aromatic N) is 5. The van der Waals surface area contributed by atoms with Crippen LogP contribution in [0.15, 0.2) is 29.7 Å². The highest BCUT2D eigenvalue weighted by atomic mass is 16.1. The van der Waals surface area contributed by atoms with Crippen molar-refractivity contribution in [3.05, 3.63) is 35.4 Å². The normalized spacial score (nSPS) is 11.3. The number of H-pyrrole nitrogens is 1. The minimum absolute atomic E-state index is 0.185. The van der Waals surface area contributed by atoms with Gasteiger partial charge in [-0.25, -0.2) is 24.7 Å². The van der Waals surface area contributed by atoms with E-state index < -0.39 is 0 Å². The van der Waals surface area contributed by atoms with Gasteiger partial charge in [-0.1, -0.05) is 13.8 Å². The summed E-state index contributed by atoms with van der Waals surface area (Å²) >= 11 is 0. The van der Waals surface area contributed by atoms with Crippen molar-refractivity contribution in [2.45, 2.75) is 20.4 Å². The Balaban J connectivity index is 2.12. The third kappa shape index (κ3) is 2.18. The van der Waals surface area contributed by atoms with Crippen LogP contribution in [0.25, 0.3) is 22.6 Å². The van der Waals surface area contributed by atoms with Gasteiger partial charge in [-0.05, 0) is 5.92 Å². The smallest absolute Gasteiger partial charge is 0.289 e. The molecule has 1 N–H and O–H groups in total. The van der Waals surface area contributed by atoms with E-state index >= 15 is 0 Å². The van der Waals surface area contributed by atoms with Crippen molar-refractivity contribution in [2.24, 2.45) is 5.92 Å². The molecule has 0 aromatic carbocycles. The Morgan fingerprint density at radius 1 is 1.25 bits per heavy atom. The lowest BCUT2D eigenvalue weighted by molar-refractivity contribution is 0.520. The molecule has 0 radical (unpaired) electrons. The Labute approximate surface area is 114 Å². The highest BCUT2D eigenvalue weighted by Gasteiger charge is 2.12. The number of nitrogens with one attached hydrogen (secondary N) is 1. The van der Waals surface area contributed by atoms with Gasteiger partial charge >= 0.3 is 5.69 Å². The van der Waals surface area contributed by atoms with Crippen LogP contribution in [0.1, 0.15) is 13.8 Å². The average Bonchev–Trinajstić information content (AvgIpc) is 2.75. The van der Waals surface area contributed by atoms with Gasteiger partial charge in [0.15, 0.2) is 11.3 Å². The maximum absolute atomic E-state index is 11.9. The molecule has 0 saturated carbocycles. The Bertz CT molecular complexity index is 789. The van der Waals surface area contributed by atoms with Crippen LogP contribution in [-0.2, 0) is 6.54 Å². The maximum atomic E-state index is 11.9. The molecule has 0 fully saturated rings. The van der Waals surface area contributed by atoms with Crippen LogP contribution in [0, 0.1) is 5.92 Å². The van der Waals surface area contributed by atoms with Crippen molar-refractivity contribution in [1.82, 2.24) is 29.5 Å². The quantitative estimate of drug-likeness (QED) is 0.773. The SMILES string of the molecule is CC(C)Cn1c(=O)[nH]c2nc(-c3cncnc3)cnc21. The standard InChI is InChI=1S/C13H14N6O/c1-8(2)6-19-12-11(18-13(19)20)17-10(5-16-12)9-3-14-7-15-4-9/h3-5,7-8H,6H2,1-2H3,(H,17,18,20). The minimum atomic E-state index is -0.185. The summed E-state index contributed by atoms with van der Waals surface area (Å²) in [6, 6.07) is 0. The average molecular weight is 270 g/mol. The van der Waals surface area contributed by atoms with Crippen molar-refractivity contribution in [3.63, 3.8) is 0 Å². The fraction of sp³-hybridized carbons (Fsp3) is 0.308. The summed E-state index contributed by atoms with van der Waals surface area (Å²) in [5.74, 6) is 0.357. The molecule has 3 aromatic rings. The molecule has 0 atom stereocenters. The second kappa shape index (κ2) is 4.84. The van der Waals surface area contributed by atoms with Crippen molar-refractivity contribution >= 4 is 11.3 Å². The van der Waals surface area contributed by atoms with Crippen LogP contribution in [0.4, 0.5) is 0 Å². The number of imidazole rings is 1. The van der Waals surface area contributed by atoms with Gasteiger partial charge in [0.1, 0.15) is 6.33 Å². The van der Waals surface area contributed by atoms with Gasteiger partial charge < -0.3 is 0 Å². The van der Waals surface area contributed by atoms with E-state index in [-0.39, 0.29) is 5.69 Å². The van der Waals surface area contributed by atoms with Gasteiger partial charge in [0.25, 0.3) is 0 Å². The Hall–Kier alpha value is -2.57. The van der Waals surface area contributed by atoms with Crippen LogP contribution in [-0.4, -0.2) is 29.5 Å². The van der Waals surface area contributed by atoms with E-state index in [2.05, 4.69) is 24.9 Å². The largest absolute Gasteiger partial charge is 0.328 e. The molecule has 3 heterocycles. The summed E-state index contributed by atoms with van der Waals surface area (Å²) < 4.78 is 1.61. The fourth-order valence-electron chi connectivity index (χ4n) is 2.03. The third-order valence-electron chi connectivity index (χ3n) is 2.88. The zero-order chi connectivity index (χ0) is 14.1. The molecule has 0 aliphatic carbocycles. The van der Waals surface area contributed by atoms with Gasteiger partial charge in [0.05, 0.1) is 11.9 Å². The first-order valence-corrected chi connectivity index (χ1v) is 6.36. The van der Waals surface area contributed by atoms with E-state index in [1.807, 2.05) is 13.8 Å². The summed E-state index contributed by atoms with van der Waals surface area (Å²) in [5.41, 5.74) is 2.27. The Kier molecular flexibility index (Phi) is 3.02. The molecule has 0 bridgehead atoms. The first kappa shape index (κ1) is 12.5. The van der Waals surface area contributed by atoms with E-state index in [9.17, 15) is 4.79 Å². The van der Waals surface area contributed by atoms with Crippen molar-refractivity contribution < 1.29 is 0 Å². The van der Waals surface area contributed by atoms with E-state index in [0.29, 0.717) is 29.5 Å². The van der Waals surface area contributed by atoms with Crippen LogP contribution in [0.3, 0.4) is 0 Å². The second-order valence-electron chi connectivity index (χ2n) is 4.99. The summed E-state index contributed by atoms with van der Waals surface area (Å²) in [4.78, 5) is 31.3. The van der Waals surface area contributed by atoms with Crippen LogP contribution in [0.2, 0.25) is 0 Å². The molecule has 0 aliphatic rings. The lowest BCUT2D eigenvalue weighted by Gasteiger charge is -2.05. The van der Waals surface area contributed by atoms with Crippen LogP contribution >= 0.6 is 0 Å². The fourth-order valence-corrected chi connectivity index (χ4v) is 2.03. The summed E-state index contributed by atoms with van der Waals surface area (Å²) in [5, 5.41) is 0. The number of aromatic nitrogens is 6. The summed E-state index contributed by atoms with van der Waals surface area (Å²) in [7, 11) is 0. The van der Waals surface area contributed by atoms with E-state index in [1.54, 1.807) is 23.2 Å². The van der Waals surface area contributed by atoms with Crippen molar-refractivity contribution in [3.8, 4) is 11.3 Å². The first-order valence-electron chi connectivity index (χ1n) is 6.36. The lowest BCUT2D eigenvalue weighted by Crippen LogP contribution is -2.19. The van der Waals surface area contributed by atoms with E-state index in [0.717, 1.165) is 5.56 Å². The molecular formula is C13H14N6O. The highest BCUT2D eigenvalue weighted by Crippen LogP contribution is 2.16. The molecule has 3 rings (SSSR count). The molecular weight excluding hydrogens is 256 g/mol. The van der Waals surface area contributed by atoms with E-state index in [4.69, 9.17) is 0 Å². The number of fused-ring (bicyclic) bond motifs is 1. The van der Waals surface area contributed by atoms with Gasteiger partial charge in [0, 0.05) is 24.5 Å². The number of hydrogen-bond acceptors (Lipinski definition) is 5. The van der Waals surface area contributed by atoms with Crippen LogP contribution in [0.5, 0.6) is 0 Å². The van der Waals surface area contributed by atoms with Gasteiger partial charge in [0.2, 0.25) is 0 Å². The molecule has 0 saturated heterocycles. The summed E-state index contributed by atoms with van der Waals surface area (Å²) in [6.45, 7) is 4.71. The van der Waals surface area contributed by atoms with Crippen LogP contribution < -0.4 is 5.69 Å². The van der Waals surface area contributed by atoms with Gasteiger partial charge in [-0.2, -0.15) is 0 Å². The monoisotopic (exact) mass is 270 g/mol. The molecule has 20 heavy (non-hydrogen) atoms. The molecule has 0 amide bonds. The zero-order valence-corrected chi connectivity index (χ0v) is 11.2. The predicted octanol–water partition coefficient (Wildman–Crippen LogP) is 1.23. The van der Waals surface area contributed by atoms with Crippen molar-refractivity contribution in [2.75, 3.05) is 0 Å².